The third kappa shape index (κ3) is 3.18. The maximum atomic E-state index is 11.3. The summed E-state index contributed by atoms with van der Waals surface area (Å²) in [4.78, 5) is 11.3. The van der Waals surface area contributed by atoms with Crippen LogP contribution in [0.1, 0.15) is 29.8 Å². The highest BCUT2D eigenvalue weighted by molar-refractivity contribution is 6.09. The Kier molecular flexibility index (Phi) is 3.65. The number of hydrogen-bond acceptors (Lipinski definition) is 3. The number of ether oxygens (including phenoxy) is 1. The van der Waals surface area contributed by atoms with Gasteiger partial charge in [0.15, 0.2) is 0 Å². The summed E-state index contributed by atoms with van der Waals surface area (Å²) in [5, 5.41) is 9.71. The number of esters is 1. The SMILES string of the molecule is CC(C)(O)c1ccc(C(=O)OC[SiH3])cc1. The van der Waals surface area contributed by atoms with E-state index >= 15 is 0 Å². The Balaban J connectivity index is 2.86. The summed E-state index contributed by atoms with van der Waals surface area (Å²) in [5.41, 5.74) is 0.434. The van der Waals surface area contributed by atoms with Gasteiger partial charge < -0.3 is 9.84 Å². The van der Waals surface area contributed by atoms with Crippen LogP contribution in [0, 0.1) is 0 Å². The largest absolute Gasteiger partial charge is 0.467 e. The first-order valence-corrected chi connectivity index (χ1v) is 6.36. The van der Waals surface area contributed by atoms with Gasteiger partial charge in [-0.2, -0.15) is 0 Å². The number of carbonyl (C=O) groups excluding carboxylic acids is 1. The van der Waals surface area contributed by atoms with Crippen LogP contribution in [0.5, 0.6) is 0 Å². The average Bonchev–Trinajstić information content (AvgIpc) is 2.17. The molecule has 0 unspecified atom stereocenters. The van der Waals surface area contributed by atoms with Crippen molar-refractivity contribution in [1.82, 2.24) is 0 Å². The zero-order valence-corrected chi connectivity index (χ0v) is 11.3. The molecule has 82 valence electrons. The van der Waals surface area contributed by atoms with Gasteiger partial charge in [-0.05, 0) is 31.5 Å². The van der Waals surface area contributed by atoms with E-state index in [1.807, 2.05) is 0 Å². The molecule has 0 amide bonds. The van der Waals surface area contributed by atoms with E-state index < -0.39 is 5.60 Å². The minimum atomic E-state index is -0.875. The molecule has 0 saturated heterocycles. The quantitative estimate of drug-likeness (QED) is 0.597. The number of benzene rings is 1. The summed E-state index contributed by atoms with van der Waals surface area (Å²) in [5.74, 6) is -0.299. The molecule has 0 spiro atoms. The Hall–Kier alpha value is -1.13. The fourth-order valence-corrected chi connectivity index (χ4v) is 1.49. The van der Waals surface area contributed by atoms with Gasteiger partial charge in [-0.25, -0.2) is 4.79 Å². The molecule has 0 aliphatic carbocycles. The van der Waals surface area contributed by atoms with E-state index in [1.165, 1.54) is 0 Å². The van der Waals surface area contributed by atoms with Crippen molar-refractivity contribution in [2.24, 2.45) is 0 Å². The van der Waals surface area contributed by atoms with Crippen LogP contribution < -0.4 is 0 Å². The van der Waals surface area contributed by atoms with E-state index in [1.54, 1.807) is 38.1 Å². The zero-order chi connectivity index (χ0) is 11.5. The van der Waals surface area contributed by atoms with Gasteiger partial charge >= 0.3 is 5.97 Å². The number of rotatable bonds is 3. The lowest BCUT2D eigenvalue weighted by molar-refractivity contribution is 0.0571. The van der Waals surface area contributed by atoms with Gasteiger partial charge in [-0.3, -0.25) is 0 Å². The van der Waals surface area contributed by atoms with Crippen LogP contribution in [0.2, 0.25) is 0 Å². The van der Waals surface area contributed by atoms with Gasteiger partial charge in [-0.15, -0.1) is 0 Å². The molecule has 0 aliphatic heterocycles. The summed E-state index contributed by atoms with van der Waals surface area (Å²) in [7, 11) is 0.846. The number of carbonyl (C=O) groups is 1. The van der Waals surface area contributed by atoms with Crippen molar-refractivity contribution in [3.63, 3.8) is 0 Å². The van der Waals surface area contributed by atoms with E-state index in [9.17, 15) is 9.90 Å². The van der Waals surface area contributed by atoms with E-state index in [-0.39, 0.29) is 5.97 Å². The molecule has 1 aromatic rings. The van der Waals surface area contributed by atoms with Crippen LogP contribution in [-0.2, 0) is 10.3 Å². The second kappa shape index (κ2) is 4.59. The normalized spacial score (nSPS) is 11.4. The monoisotopic (exact) mass is 224 g/mol. The molecule has 0 bridgehead atoms. The Bertz CT molecular complexity index is 338. The molecule has 0 atom stereocenters. The molecule has 0 aromatic heterocycles. The predicted octanol–water partition coefficient (Wildman–Crippen LogP) is 0.394. The van der Waals surface area contributed by atoms with Crippen LogP contribution in [0.15, 0.2) is 24.3 Å². The van der Waals surface area contributed by atoms with Gasteiger partial charge in [-0.1, -0.05) is 12.1 Å². The minimum Gasteiger partial charge on any atom is -0.467 e. The van der Waals surface area contributed by atoms with Crippen molar-refractivity contribution in [2.75, 3.05) is 6.23 Å². The topological polar surface area (TPSA) is 46.5 Å². The third-order valence-corrected chi connectivity index (χ3v) is 2.39. The minimum absolute atomic E-state index is 0.299. The van der Waals surface area contributed by atoms with Crippen molar-refractivity contribution in [2.45, 2.75) is 19.4 Å². The van der Waals surface area contributed by atoms with Crippen molar-refractivity contribution in [3.05, 3.63) is 35.4 Å². The van der Waals surface area contributed by atoms with Gasteiger partial charge in [0.25, 0.3) is 0 Å². The molecular formula is C11H16O3Si. The van der Waals surface area contributed by atoms with E-state index in [2.05, 4.69) is 0 Å². The van der Waals surface area contributed by atoms with Gasteiger partial charge in [0.2, 0.25) is 0 Å². The lowest BCUT2D eigenvalue weighted by atomic mass is 9.97. The number of aliphatic hydroxyl groups is 1. The molecular weight excluding hydrogens is 208 g/mol. The highest BCUT2D eigenvalue weighted by Crippen LogP contribution is 2.19. The first-order valence-electron chi connectivity index (χ1n) is 4.95. The van der Waals surface area contributed by atoms with Crippen molar-refractivity contribution in [1.29, 1.82) is 0 Å². The second-order valence-corrected chi connectivity index (χ2v) is 4.43. The summed E-state index contributed by atoms with van der Waals surface area (Å²) in [6, 6.07) is 6.83. The van der Waals surface area contributed by atoms with E-state index in [0.717, 1.165) is 15.8 Å². The van der Waals surface area contributed by atoms with Crippen LogP contribution in [0.3, 0.4) is 0 Å². The summed E-state index contributed by atoms with van der Waals surface area (Å²) >= 11 is 0. The molecule has 0 fully saturated rings. The summed E-state index contributed by atoms with van der Waals surface area (Å²) in [6.07, 6.45) is 0.506. The fourth-order valence-electron chi connectivity index (χ4n) is 1.23. The molecule has 1 rings (SSSR count). The summed E-state index contributed by atoms with van der Waals surface area (Å²) in [6.45, 7) is 3.41. The molecule has 0 aliphatic rings. The molecule has 3 nitrogen and oxygen atoms in total. The van der Waals surface area contributed by atoms with Gasteiger partial charge in [0.1, 0.15) is 0 Å². The van der Waals surface area contributed by atoms with E-state index in [4.69, 9.17) is 4.74 Å². The van der Waals surface area contributed by atoms with Crippen molar-refractivity contribution in [3.8, 4) is 0 Å². The molecule has 1 N–H and O–H groups in total. The second-order valence-electron chi connectivity index (χ2n) is 3.86. The maximum absolute atomic E-state index is 11.3. The molecule has 4 heteroatoms. The number of hydrogen-bond donors (Lipinski definition) is 1. The Morgan fingerprint density at radius 3 is 2.33 bits per heavy atom. The Labute approximate surface area is 92.5 Å². The standard InChI is InChI=1S/C11H16O3Si/c1-11(2,13)9-5-3-8(4-6-9)10(12)14-7-15/h3-6,13H,7H2,1-2,15H3. The predicted molar refractivity (Wildman–Crippen MR) is 61.9 cm³/mol. The Morgan fingerprint density at radius 2 is 1.93 bits per heavy atom. The average molecular weight is 224 g/mol. The maximum Gasteiger partial charge on any atom is 0.337 e. The highest BCUT2D eigenvalue weighted by atomic mass is 28.1. The fraction of sp³-hybridized carbons (Fsp3) is 0.364. The lowest BCUT2D eigenvalue weighted by Gasteiger charge is -2.17. The lowest BCUT2D eigenvalue weighted by Crippen LogP contribution is -2.15. The van der Waals surface area contributed by atoms with E-state index in [0.29, 0.717) is 11.8 Å². The molecule has 0 heterocycles. The highest BCUT2D eigenvalue weighted by Gasteiger charge is 2.16. The van der Waals surface area contributed by atoms with Crippen molar-refractivity contribution >= 4 is 16.2 Å². The van der Waals surface area contributed by atoms with Crippen LogP contribution >= 0.6 is 0 Å². The smallest absolute Gasteiger partial charge is 0.337 e. The van der Waals surface area contributed by atoms with Crippen LogP contribution in [-0.4, -0.2) is 27.5 Å². The van der Waals surface area contributed by atoms with Crippen LogP contribution in [0.25, 0.3) is 0 Å². The van der Waals surface area contributed by atoms with Crippen molar-refractivity contribution < 1.29 is 14.6 Å². The zero-order valence-electron chi connectivity index (χ0n) is 9.28. The van der Waals surface area contributed by atoms with Gasteiger partial charge in [0, 0.05) is 0 Å². The molecule has 0 saturated carbocycles. The first kappa shape index (κ1) is 11.9. The first-order chi connectivity index (χ1) is 6.95. The molecule has 0 radical (unpaired) electrons. The molecule has 1 aromatic carbocycles. The van der Waals surface area contributed by atoms with Gasteiger partial charge in [0.05, 0.1) is 27.6 Å². The Morgan fingerprint density at radius 1 is 1.40 bits per heavy atom. The third-order valence-electron chi connectivity index (χ3n) is 2.10. The molecule has 15 heavy (non-hydrogen) atoms. The summed E-state index contributed by atoms with van der Waals surface area (Å²) < 4.78 is 4.91. The van der Waals surface area contributed by atoms with Crippen LogP contribution in [0.4, 0.5) is 0 Å².